The number of benzene rings is 2. The molecule has 1 aliphatic heterocycles. The molecule has 0 radical (unpaired) electrons. The van der Waals surface area contributed by atoms with Crippen molar-refractivity contribution in [3.63, 3.8) is 0 Å². The van der Waals surface area contributed by atoms with Gasteiger partial charge < -0.3 is 10.2 Å². The molecule has 2 aromatic carbocycles. The highest BCUT2D eigenvalue weighted by molar-refractivity contribution is 6.15. The van der Waals surface area contributed by atoms with Gasteiger partial charge in [-0.05, 0) is 50.5 Å². The van der Waals surface area contributed by atoms with Crippen molar-refractivity contribution in [1.82, 2.24) is 0 Å². The highest BCUT2D eigenvalue weighted by Gasteiger charge is 2.42. The van der Waals surface area contributed by atoms with Crippen molar-refractivity contribution in [1.29, 1.82) is 0 Å². The second-order valence-electron chi connectivity index (χ2n) is 7.31. The van der Waals surface area contributed by atoms with Crippen molar-refractivity contribution in [2.45, 2.75) is 32.9 Å². The average molecular weight is 390 g/mol. The topological polar surface area (TPSA) is 49.4 Å². The minimum absolute atomic E-state index is 0.361. The molecule has 0 aromatic heterocycles. The molecule has 2 amide bonds. The fraction of sp³-hybridized carbons (Fsp3) is 0.333. The maximum Gasteiger partial charge on any atom is 0.418 e. The van der Waals surface area contributed by atoms with Gasteiger partial charge in [-0.1, -0.05) is 30.3 Å². The van der Waals surface area contributed by atoms with Crippen LogP contribution in [0.5, 0.6) is 0 Å². The number of nitrogens with one attached hydrogen (secondary N) is 1. The van der Waals surface area contributed by atoms with Gasteiger partial charge in [0, 0.05) is 12.2 Å². The number of halogens is 3. The third-order valence-corrected chi connectivity index (χ3v) is 4.94. The van der Waals surface area contributed by atoms with Crippen LogP contribution in [-0.2, 0) is 22.2 Å². The van der Waals surface area contributed by atoms with Gasteiger partial charge in [-0.25, -0.2) is 0 Å². The second kappa shape index (κ2) is 7.30. The lowest BCUT2D eigenvalue weighted by molar-refractivity contribution is -0.137. The molecule has 3 rings (SSSR count). The summed E-state index contributed by atoms with van der Waals surface area (Å²) in [6.45, 7) is 3.32. The molecule has 7 heteroatoms. The summed E-state index contributed by atoms with van der Waals surface area (Å²) in [5, 5.41) is 2.29. The molecular weight excluding hydrogens is 369 g/mol. The zero-order valence-electron chi connectivity index (χ0n) is 15.6. The van der Waals surface area contributed by atoms with Gasteiger partial charge in [-0.15, -0.1) is 0 Å². The van der Waals surface area contributed by atoms with Crippen molar-refractivity contribution >= 4 is 23.2 Å². The molecule has 0 aliphatic carbocycles. The number of rotatable bonds is 3. The molecule has 0 bridgehead atoms. The van der Waals surface area contributed by atoms with E-state index in [1.807, 2.05) is 24.3 Å². The van der Waals surface area contributed by atoms with Crippen LogP contribution in [0.15, 0.2) is 48.5 Å². The van der Waals surface area contributed by atoms with Crippen LogP contribution in [0.3, 0.4) is 0 Å². The molecule has 4 nitrogen and oxygen atoms in total. The van der Waals surface area contributed by atoms with Crippen LogP contribution in [0.1, 0.15) is 31.4 Å². The summed E-state index contributed by atoms with van der Waals surface area (Å²) >= 11 is 0. The molecule has 1 heterocycles. The van der Waals surface area contributed by atoms with Crippen molar-refractivity contribution in [2.24, 2.45) is 5.41 Å². The number of amides is 2. The van der Waals surface area contributed by atoms with Gasteiger partial charge in [-0.2, -0.15) is 13.2 Å². The van der Waals surface area contributed by atoms with Gasteiger partial charge in [0.2, 0.25) is 11.8 Å². The molecule has 1 N–H and O–H groups in total. The van der Waals surface area contributed by atoms with E-state index in [2.05, 4.69) is 5.32 Å². The lowest BCUT2D eigenvalue weighted by Crippen LogP contribution is -2.49. The highest BCUT2D eigenvalue weighted by atomic mass is 19.4. The quantitative estimate of drug-likeness (QED) is 0.776. The molecule has 0 fully saturated rings. The Balaban J connectivity index is 1.86. The van der Waals surface area contributed by atoms with Gasteiger partial charge in [0.05, 0.1) is 11.3 Å². The summed E-state index contributed by atoms with van der Waals surface area (Å²) in [5.74, 6) is -1.22. The predicted octanol–water partition coefficient (Wildman–Crippen LogP) is 4.65. The summed E-state index contributed by atoms with van der Waals surface area (Å²) < 4.78 is 39.6. The van der Waals surface area contributed by atoms with E-state index in [1.54, 1.807) is 4.90 Å². The van der Waals surface area contributed by atoms with Crippen LogP contribution in [0.25, 0.3) is 0 Å². The lowest BCUT2D eigenvalue weighted by atomic mass is 9.88. The Morgan fingerprint density at radius 1 is 1.00 bits per heavy atom. The Labute approximate surface area is 161 Å². The van der Waals surface area contributed by atoms with Gasteiger partial charge >= 0.3 is 6.18 Å². The maximum absolute atomic E-state index is 13.2. The Morgan fingerprint density at radius 3 is 2.36 bits per heavy atom. The normalized spacial score (nSPS) is 14.4. The molecule has 0 unspecified atom stereocenters. The van der Waals surface area contributed by atoms with Crippen LogP contribution in [0.2, 0.25) is 0 Å². The van der Waals surface area contributed by atoms with Gasteiger partial charge in [0.25, 0.3) is 0 Å². The largest absolute Gasteiger partial charge is 0.418 e. The lowest BCUT2D eigenvalue weighted by Gasteiger charge is -2.35. The van der Waals surface area contributed by atoms with Gasteiger partial charge in [0.15, 0.2) is 0 Å². The van der Waals surface area contributed by atoms with E-state index in [-0.39, 0.29) is 5.69 Å². The van der Waals surface area contributed by atoms with E-state index in [0.717, 1.165) is 30.2 Å². The standard InChI is InChI=1S/C21H21F3N2O2/c1-20(2,18(27)25-16-11-5-4-10-15(16)21(22,23)24)19(28)26-13-7-9-14-8-3-6-12-17(14)26/h3-6,8,10-12H,7,9,13H2,1-2H3,(H,25,27). The third-order valence-electron chi connectivity index (χ3n) is 4.94. The molecule has 0 atom stereocenters. The first-order valence-electron chi connectivity index (χ1n) is 9.00. The number of para-hydroxylation sites is 2. The molecule has 28 heavy (non-hydrogen) atoms. The van der Waals surface area contributed by atoms with Gasteiger partial charge in [-0.3, -0.25) is 9.59 Å². The molecular formula is C21H21F3N2O2. The van der Waals surface area contributed by atoms with E-state index >= 15 is 0 Å². The van der Waals surface area contributed by atoms with Crippen LogP contribution >= 0.6 is 0 Å². The average Bonchev–Trinajstić information content (AvgIpc) is 2.66. The van der Waals surface area contributed by atoms with Crippen LogP contribution in [0.4, 0.5) is 24.5 Å². The zero-order valence-corrected chi connectivity index (χ0v) is 15.6. The number of hydrogen-bond acceptors (Lipinski definition) is 2. The zero-order chi connectivity index (χ0) is 20.5. The summed E-state index contributed by atoms with van der Waals surface area (Å²) in [6.07, 6.45) is -3.01. The Hall–Kier alpha value is -2.83. The number of anilines is 2. The first-order valence-corrected chi connectivity index (χ1v) is 9.00. The number of nitrogens with zero attached hydrogens (tertiary/aromatic N) is 1. The van der Waals surface area contributed by atoms with Gasteiger partial charge in [0.1, 0.15) is 5.41 Å². The number of carbonyl (C=O) groups excluding carboxylic acids is 2. The summed E-state index contributed by atoms with van der Waals surface area (Å²) in [7, 11) is 0. The van der Waals surface area contributed by atoms with Crippen molar-refractivity contribution in [3.8, 4) is 0 Å². The number of fused-ring (bicyclic) bond motifs is 1. The molecule has 0 saturated heterocycles. The summed E-state index contributed by atoms with van der Waals surface area (Å²) in [6, 6.07) is 12.2. The molecule has 1 aliphatic rings. The van der Waals surface area contributed by atoms with E-state index in [0.29, 0.717) is 6.54 Å². The number of alkyl halides is 3. The van der Waals surface area contributed by atoms with Crippen LogP contribution in [-0.4, -0.2) is 18.4 Å². The number of carbonyl (C=O) groups is 2. The maximum atomic E-state index is 13.2. The monoisotopic (exact) mass is 390 g/mol. The van der Waals surface area contributed by atoms with E-state index in [9.17, 15) is 22.8 Å². The van der Waals surface area contributed by atoms with Crippen LogP contribution in [0, 0.1) is 5.41 Å². The summed E-state index contributed by atoms with van der Waals surface area (Å²) in [5.41, 5.74) is -1.09. The fourth-order valence-electron chi connectivity index (χ4n) is 3.30. The number of aryl methyl sites for hydroxylation is 1. The molecule has 2 aromatic rings. The van der Waals surface area contributed by atoms with E-state index in [1.165, 1.54) is 32.0 Å². The third kappa shape index (κ3) is 3.74. The Kier molecular flexibility index (Phi) is 5.19. The molecule has 148 valence electrons. The fourth-order valence-corrected chi connectivity index (χ4v) is 3.30. The smallest absolute Gasteiger partial charge is 0.325 e. The first kappa shape index (κ1) is 19.9. The SMILES string of the molecule is CC(C)(C(=O)Nc1ccccc1C(F)(F)F)C(=O)N1CCCc2ccccc21. The predicted molar refractivity (Wildman–Crippen MR) is 101 cm³/mol. The highest BCUT2D eigenvalue weighted by Crippen LogP contribution is 2.36. The van der Waals surface area contributed by atoms with E-state index in [4.69, 9.17) is 0 Å². The van der Waals surface area contributed by atoms with Crippen molar-refractivity contribution in [2.75, 3.05) is 16.8 Å². The van der Waals surface area contributed by atoms with Crippen molar-refractivity contribution < 1.29 is 22.8 Å². The first-order chi connectivity index (χ1) is 13.1. The Morgan fingerprint density at radius 2 is 1.64 bits per heavy atom. The van der Waals surface area contributed by atoms with Crippen LogP contribution < -0.4 is 10.2 Å². The molecule has 0 saturated carbocycles. The summed E-state index contributed by atoms with van der Waals surface area (Å²) in [4.78, 5) is 27.5. The van der Waals surface area contributed by atoms with E-state index < -0.39 is 29.0 Å². The minimum atomic E-state index is -4.61. The Bertz CT molecular complexity index is 907. The number of hydrogen-bond donors (Lipinski definition) is 1. The second-order valence-corrected chi connectivity index (χ2v) is 7.31. The van der Waals surface area contributed by atoms with Crippen molar-refractivity contribution in [3.05, 3.63) is 59.7 Å². The molecule has 0 spiro atoms. The minimum Gasteiger partial charge on any atom is -0.325 e.